The van der Waals surface area contributed by atoms with E-state index in [1.807, 2.05) is 0 Å². The largest absolute Gasteiger partial charge is 0.366 e. The summed E-state index contributed by atoms with van der Waals surface area (Å²) in [6, 6.07) is -5.50. The van der Waals surface area contributed by atoms with Crippen molar-refractivity contribution >= 4 is 0 Å². The zero-order valence-electron chi connectivity index (χ0n) is 25.2. The summed E-state index contributed by atoms with van der Waals surface area (Å²) in [6.07, 6.45) is -3.95. The van der Waals surface area contributed by atoms with E-state index in [4.69, 9.17) is 25.3 Å². The highest BCUT2D eigenvalue weighted by Crippen LogP contribution is 2.25. The molecule has 2 rings (SSSR count). The Bertz CT molecular complexity index is 1080. The molecule has 1 aromatic heterocycles. The molecular weight excluding hydrogens is 238 g/mol. The minimum atomic E-state index is -3.68. The molecule has 0 spiro atoms. The lowest BCUT2D eigenvalue weighted by Gasteiger charge is -2.20. The minimum absolute atomic E-state index is 0.0309. The number of aromatic nitrogens is 2. The normalized spacial score (nSPS) is 28.1. The van der Waals surface area contributed by atoms with Gasteiger partial charge in [-0.05, 0) is 25.6 Å². The van der Waals surface area contributed by atoms with E-state index < -0.39 is 79.8 Å². The molecule has 102 valence electrons. The Hall–Kier alpha value is -1.65. The molecule has 4 heteroatoms. The Morgan fingerprint density at radius 3 is 2.95 bits per heavy atom. The Morgan fingerprint density at radius 1 is 1.53 bits per heavy atom. The third kappa shape index (κ3) is 3.66. The molecule has 0 fully saturated rings. The molecule has 0 bridgehead atoms. The van der Waals surface area contributed by atoms with Gasteiger partial charge in [0.15, 0.2) is 0 Å². The molecule has 0 saturated carbocycles. The van der Waals surface area contributed by atoms with Crippen molar-refractivity contribution in [3.8, 4) is 0 Å². The SMILES string of the molecule is [2H]c1nn(C)c(C([2H])(OC([2H])([2H])C([2H])([2H])N(C)C([2H])([2H])[2H])c2c([2H])c([2H])c([2H])c([2H])c2[2H])c1[2H]. The van der Waals surface area contributed by atoms with Crippen LogP contribution in [-0.2, 0) is 11.8 Å². The van der Waals surface area contributed by atoms with Gasteiger partial charge in [-0.15, -0.1) is 0 Å². The molecule has 0 aliphatic heterocycles. The zero-order valence-corrected chi connectivity index (χ0v) is 10.2. The number of aryl methyl sites for hydroxylation is 1. The van der Waals surface area contributed by atoms with Crippen LogP contribution in [0.15, 0.2) is 42.4 Å². The van der Waals surface area contributed by atoms with Crippen LogP contribution in [0.2, 0.25) is 0 Å². The van der Waals surface area contributed by atoms with Gasteiger partial charge in [0, 0.05) is 26.6 Å². The van der Waals surface area contributed by atoms with Gasteiger partial charge in [0.1, 0.15) is 6.08 Å². The second kappa shape index (κ2) is 6.50. The van der Waals surface area contributed by atoms with Gasteiger partial charge >= 0.3 is 0 Å². The Kier molecular flexibility index (Phi) is 1.43. The molecule has 0 radical (unpaired) electrons. The second-order valence-electron chi connectivity index (χ2n) is 3.41. The van der Waals surface area contributed by atoms with Crippen LogP contribution >= 0.6 is 0 Å². The van der Waals surface area contributed by atoms with E-state index >= 15 is 0 Å². The Labute approximate surface area is 135 Å². The van der Waals surface area contributed by atoms with Gasteiger partial charge in [-0.2, -0.15) is 5.10 Å². The van der Waals surface area contributed by atoms with E-state index in [2.05, 4.69) is 5.10 Å². The van der Waals surface area contributed by atoms with Crippen LogP contribution in [-0.4, -0.2) is 41.8 Å². The van der Waals surface area contributed by atoms with Crippen molar-refractivity contribution in [2.45, 2.75) is 6.08 Å². The number of likely N-dealkylation sites (N-methyl/N-ethyl adjacent to an activating group) is 1. The fraction of sp³-hybridized carbons (Fsp3) is 0.400. The summed E-state index contributed by atoms with van der Waals surface area (Å²) in [7, 11) is 1.87. The standard InChI is InChI=1S/C15H21N3O/c1-17(2)11-12-19-15(13-7-5-4-6-8-13)14-9-10-16-18(14)3/h4-10,15H,11-12H2,1-3H3/i1D3,4D,5D,6D,7D,8D,9D,10D,11D2,12D2,15D. The maximum absolute atomic E-state index is 8.96. The summed E-state index contributed by atoms with van der Waals surface area (Å²) in [6.45, 7) is -10.3. The van der Waals surface area contributed by atoms with E-state index in [9.17, 15) is 0 Å². The first kappa shape index (κ1) is 4.17. The maximum atomic E-state index is 8.96. The molecule has 0 aliphatic rings. The van der Waals surface area contributed by atoms with E-state index in [1.54, 1.807) is 0 Å². The molecule has 1 aromatic carbocycles. The topological polar surface area (TPSA) is 30.3 Å². The highest BCUT2D eigenvalue weighted by molar-refractivity contribution is 5.25. The summed E-state index contributed by atoms with van der Waals surface area (Å²) in [5, 5.41) is 3.62. The van der Waals surface area contributed by atoms with Gasteiger partial charge < -0.3 is 9.64 Å². The minimum Gasteiger partial charge on any atom is -0.366 e. The fourth-order valence-electron chi connectivity index (χ4n) is 1.21. The number of nitrogens with zero attached hydrogens (tertiary/aromatic N) is 3. The summed E-state index contributed by atoms with van der Waals surface area (Å²) in [4.78, 5) is 0.0309. The number of hydrogen-bond donors (Lipinski definition) is 0. The fourth-order valence-corrected chi connectivity index (χ4v) is 1.21. The van der Waals surface area contributed by atoms with E-state index in [-0.39, 0.29) is 4.90 Å². The second-order valence-corrected chi connectivity index (χ2v) is 3.41. The molecule has 0 aliphatic carbocycles. The highest BCUT2D eigenvalue weighted by Gasteiger charge is 2.17. The van der Waals surface area contributed by atoms with Crippen LogP contribution in [0, 0.1) is 0 Å². The molecule has 1 unspecified atom stereocenters. The molecule has 19 heavy (non-hydrogen) atoms. The van der Waals surface area contributed by atoms with Gasteiger partial charge in [-0.1, -0.05) is 30.2 Å². The first-order chi connectivity index (χ1) is 15.1. The third-order valence-electron chi connectivity index (χ3n) is 2.01. The van der Waals surface area contributed by atoms with Crippen molar-refractivity contribution in [2.75, 3.05) is 27.1 Å². The van der Waals surface area contributed by atoms with Crippen molar-refractivity contribution in [1.29, 1.82) is 0 Å². The molecule has 2 aromatic rings. The molecule has 0 N–H and O–H groups in total. The molecule has 4 nitrogen and oxygen atoms in total. The van der Waals surface area contributed by atoms with Crippen LogP contribution in [0.5, 0.6) is 0 Å². The number of ether oxygens (including phenoxy) is 1. The van der Waals surface area contributed by atoms with Crippen LogP contribution in [0.3, 0.4) is 0 Å². The number of rotatable bonds is 6. The van der Waals surface area contributed by atoms with E-state index in [0.29, 0.717) is 0 Å². The molecule has 1 atom stereocenters. The molecule has 0 saturated heterocycles. The average molecular weight is 274 g/mol. The lowest BCUT2D eigenvalue weighted by atomic mass is 10.1. The average Bonchev–Trinajstić information content (AvgIpc) is 2.94. The van der Waals surface area contributed by atoms with Crippen molar-refractivity contribution in [3.05, 3.63) is 53.7 Å². The maximum Gasteiger partial charge on any atom is 0.124 e. The van der Waals surface area contributed by atoms with Crippen LogP contribution in [0.25, 0.3) is 0 Å². The predicted octanol–water partition coefficient (Wildman–Crippen LogP) is 2.09. The predicted molar refractivity (Wildman–Crippen MR) is 76.0 cm³/mol. The van der Waals surface area contributed by atoms with Crippen molar-refractivity contribution in [2.24, 2.45) is 7.05 Å². The van der Waals surface area contributed by atoms with Crippen LogP contribution < -0.4 is 0 Å². The van der Waals surface area contributed by atoms with Gasteiger partial charge in [0.25, 0.3) is 0 Å². The van der Waals surface area contributed by atoms with E-state index in [1.165, 1.54) is 0 Å². The quantitative estimate of drug-likeness (QED) is 0.808. The summed E-state index contributed by atoms with van der Waals surface area (Å²) >= 11 is 0. The van der Waals surface area contributed by atoms with Crippen molar-refractivity contribution < 1.29 is 25.3 Å². The number of hydrogen-bond acceptors (Lipinski definition) is 3. The van der Waals surface area contributed by atoms with Gasteiger partial charge in [0.2, 0.25) is 0 Å². The smallest absolute Gasteiger partial charge is 0.124 e. The third-order valence-corrected chi connectivity index (χ3v) is 2.01. The van der Waals surface area contributed by atoms with Gasteiger partial charge in [-0.3, -0.25) is 4.68 Å². The Morgan fingerprint density at radius 2 is 2.32 bits per heavy atom. The van der Waals surface area contributed by atoms with Crippen LogP contribution in [0.4, 0.5) is 0 Å². The molecule has 1 heterocycles. The number of benzene rings is 1. The van der Waals surface area contributed by atoms with Gasteiger partial charge in [-0.25, -0.2) is 0 Å². The lowest BCUT2D eigenvalue weighted by Crippen LogP contribution is -2.20. The molecule has 0 amide bonds. The first-order valence-electron chi connectivity index (χ1n) is 12.6. The Balaban J connectivity index is 2.94. The monoisotopic (exact) mass is 274 g/mol. The highest BCUT2D eigenvalue weighted by atomic mass is 16.5. The first-order valence-corrected chi connectivity index (χ1v) is 5.15. The van der Waals surface area contributed by atoms with Crippen molar-refractivity contribution in [3.63, 3.8) is 0 Å². The van der Waals surface area contributed by atoms with Gasteiger partial charge in [0.05, 0.1) is 26.0 Å². The van der Waals surface area contributed by atoms with E-state index in [0.717, 1.165) is 18.8 Å². The summed E-state index contributed by atoms with van der Waals surface area (Å²) < 4.78 is 125. The van der Waals surface area contributed by atoms with Crippen LogP contribution in [0.1, 0.15) is 37.9 Å². The lowest BCUT2D eigenvalue weighted by molar-refractivity contribution is 0.0638. The zero-order chi connectivity index (χ0) is 26.8. The molecular formula is C15H21N3O. The van der Waals surface area contributed by atoms with Crippen molar-refractivity contribution in [1.82, 2.24) is 14.7 Å². The summed E-state index contributed by atoms with van der Waals surface area (Å²) in [5.41, 5.74) is -1.72. The summed E-state index contributed by atoms with van der Waals surface area (Å²) in [5.74, 6) is 0.